The van der Waals surface area contributed by atoms with Gasteiger partial charge in [-0.15, -0.1) is 0 Å². The van der Waals surface area contributed by atoms with E-state index in [0.29, 0.717) is 12.4 Å². The van der Waals surface area contributed by atoms with E-state index in [1.807, 2.05) is 30.3 Å². The topological polar surface area (TPSA) is 52.4 Å². The Labute approximate surface area is 118 Å². The molecular formula is C16H17NO3. The molecule has 0 bridgehead atoms. The maximum atomic E-state index is 10.9. The number of hydrogen-bond donors (Lipinski definition) is 0. The second-order valence-corrected chi connectivity index (χ2v) is 4.51. The summed E-state index contributed by atoms with van der Waals surface area (Å²) in [5.41, 5.74) is 1.75. The van der Waals surface area contributed by atoms with E-state index in [1.54, 1.807) is 12.1 Å². The fourth-order valence-corrected chi connectivity index (χ4v) is 1.93. The molecular weight excluding hydrogens is 254 g/mol. The van der Waals surface area contributed by atoms with Crippen molar-refractivity contribution in [1.29, 1.82) is 0 Å². The summed E-state index contributed by atoms with van der Waals surface area (Å²) in [6.07, 6.45) is 2.01. The zero-order valence-electron chi connectivity index (χ0n) is 11.4. The maximum Gasteiger partial charge on any atom is 0.270 e. The van der Waals surface area contributed by atoms with Gasteiger partial charge < -0.3 is 4.74 Å². The molecule has 0 saturated carbocycles. The minimum Gasteiger partial charge on any atom is -0.493 e. The van der Waals surface area contributed by atoms with Crippen LogP contribution in [-0.2, 0) is 0 Å². The molecule has 0 aromatic heterocycles. The van der Waals surface area contributed by atoms with Gasteiger partial charge in [-0.25, -0.2) is 0 Å². The Bertz CT molecular complexity index is 582. The van der Waals surface area contributed by atoms with Gasteiger partial charge in [-0.1, -0.05) is 43.7 Å². The zero-order valence-corrected chi connectivity index (χ0v) is 11.4. The number of unbranched alkanes of at least 4 members (excludes halogenated alkanes) is 1. The molecule has 0 radical (unpaired) electrons. The van der Waals surface area contributed by atoms with Crippen LogP contribution in [-0.4, -0.2) is 11.5 Å². The number of non-ortho nitro benzene ring substituents is 1. The lowest BCUT2D eigenvalue weighted by Gasteiger charge is -2.11. The molecule has 2 aromatic rings. The van der Waals surface area contributed by atoms with Gasteiger partial charge >= 0.3 is 0 Å². The first-order valence-corrected chi connectivity index (χ1v) is 6.69. The van der Waals surface area contributed by atoms with E-state index in [4.69, 9.17) is 4.74 Å². The van der Waals surface area contributed by atoms with Gasteiger partial charge in [0, 0.05) is 17.7 Å². The zero-order chi connectivity index (χ0) is 14.4. The van der Waals surface area contributed by atoms with Crippen molar-refractivity contribution in [2.24, 2.45) is 0 Å². The van der Waals surface area contributed by atoms with Crippen molar-refractivity contribution in [2.45, 2.75) is 19.8 Å². The third-order valence-electron chi connectivity index (χ3n) is 3.01. The smallest absolute Gasteiger partial charge is 0.270 e. The Hall–Kier alpha value is -2.36. The lowest BCUT2D eigenvalue weighted by molar-refractivity contribution is -0.384. The summed E-state index contributed by atoms with van der Waals surface area (Å²) in [6, 6.07) is 14.3. The van der Waals surface area contributed by atoms with Gasteiger partial charge in [0.15, 0.2) is 0 Å². The highest BCUT2D eigenvalue weighted by atomic mass is 16.6. The molecule has 2 aromatic carbocycles. The van der Waals surface area contributed by atoms with E-state index in [2.05, 4.69) is 6.92 Å². The molecule has 104 valence electrons. The van der Waals surface area contributed by atoms with Crippen LogP contribution in [0.4, 0.5) is 5.69 Å². The minimum absolute atomic E-state index is 0.0756. The Morgan fingerprint density at radius 1 is 1.15 bits per heavy atom. The average Bonchev–Trinajstić information content (AvgIpc) is 2.48. The first-order valence-electron chi connectivity index (χ1n) is 6.69. The fourth-order valence-electron chi connectivity index (χ4n) is 1.93. The van der Waals surface area contributed by atoms with Crippen LogP contribution >= 0.6 is 0 Å². The molecule has 4 heteroatoms. The summed E-state index contributed by atoms with van der Waals surface area (Å²) in [5, 5.41) is 10.9. The Balaban J connectivity index is 2.38. The Morgan fingerprint density at radius 2 is 1.90 bits per heavy atom. The largest absolute Gasteiger partial charge is 0.493 e. The van der Waals surface area contributed by atoms with Crippen LogP contribution in [0.15, 0.2) is 48.5 Å². The molecule has 0 heterocycles. The van der Waals surface area contributed by atoms with Crippen LogP contribution in [0, 0.1) is 10.1 Å². The summed E-state index contributed by atoms with van der Waals surface area (Å²) in [4.78, 5) is 10.5. The third kappa shape index (κ3) is 3.35. The van der Waals surface area contributed by atoms with Gasteiger partial charge in [-0.05, 0) is 18.1 Å². The summed E-state index contributed by atoms with van der Waals surface area (Å²) in [6.45, 7) is 2.71. The number of hydrogen-bond acceptors (Lipinski definition) is 3. The summed E-state index contributed by atoms with van der Waals surface area (Å²) in [5.74, 6) is 0.690. The molecule has 0 fully saturated rings. The molecule has 0 unspecified atom stereocenters. The standard InChI is InChI=1S/C16H17NO3/c1-2-3-11-20-16-10-9-14(17(18)19)12-15(16)13-7-5-4-6-8-13/h4-10,12H,2-3,11H2,1H3. The lowest BCUT2D eigenvalue weighted by atomic mass is 10.0. The van der Waals surface area contributed by atoms with Crippen LogP contribution in [0.1, 0.15) is 19.8 Å². The van der Waals surface area contributed by atoms with E-state index < -0.39 is 0 Å². The number of nitrogens with zero attached hydrogens (tertiary/aromatic N) is 1. The second kappa shape index (κ2) is 6.70. The number of rotatable bonds is 6. The SMILES string of the molecule is CCCCOc1ccc([N+](=O)[O-])cc1-c1ccccc1. The van der Waals surface area contributed by atoms with Gasteiger partial charge in [-0.2, -0.15) is 0 Å². The molecule has 0 aliphatic heterocycles. The van der Waals surface area contributed by atoms with E-state index in [0.717, 1.165) is 24.0 Å². The van der Waals surface area contributed by atoms with Gasteiger partial charge in [0.1, 0.15) is 5.75 Å². The quantitative estimate of drug-likeness (QED) is 0.443. The van der Waals surface area contributed by atoms with E-state index in [-0.39, 0.29) is 10.6 Å². The molecule has 20 heavy (non-hydrogen) atoms. The van der Waals surface area contributed by atoms with Crippen molar-refractivity contribution >= 4 is 5.69 Å². The number of nitro groups is 1. The van der Waals surface area contributed by atoms with Gasteiger partial charge in [0.05, 0.1) is 11.5 Å². The van der Waals surface area contributed by atoms with Crippen molar-refractivity contribution in [3.05, 3.63) is 58.6 Å². The minimum atomic E-state index is -0.387. The van der Waals surface area contributed by atoms with Crippen molar-refractivity contribution in [3.63, 3.8) is 0 Å². The normalized spacial score (nSPS) is 10.2. The molecule has 2 rings (SSSR count). The van der Waals surface area contributed by atoms with Crippen LogP contribution in [0.5, 0.6) is 5.75 Å². The van der Waals surface area contributed by atoms with Gasteiger partial charge in [-0.3, -0.25) is 10.1 Å². The highest BCUT2D eigenvalue weighted by molar-refractivity contribution is 5.72. The van der Waals surface area contributed by atoms with Crippen LogP contribution in [0.3, 0.4) is 0 Å². The Morgan fingerprint density at radius 3 is 2.55 bits per heavy atom. The monoisotopic (exact) mass is 271 g/mol. The van der Waals surface area contributed by atoms with Crippen molar-refractivity contribution in [3.8, 4) is 16.9 Å². The van der Waals surface area contributed by atoms with Gasteiger partial charge in [0.25, 0.3) is 5.69 Å². The molecule has 0 aliphatic carbocycles. The Kier molecular flexibility index (Phi) is 4.71. The predicted octanol–water partition coefficient (Wildman–Crippen LogP) is 4.44. The first-order chi connectivity index (χ1) is 9.72. The fraction of sp³-hybridized carbons (Fsp3) is 0.250. The molecule has 0 aliphatic rings. The summed E-state index contributed by atoms with van der Waals surface area (Å²) < 4.78 is 5.74. The average molecular weight is 271 g/mol. The van der Waals surface area contributed by atoms with E-state index >= 15 is 0 Å². The van der Waals surface area contributed by atoms with Crippen molar-refractivity contribution in [2.75, 3.05) is 6.61 Å². The molecule has 0 saturated heterocycles. The number of nitro benzene ring substituents is 1. The number of ether oxygens (including phenoxy) is 1. The van der Waals surface area contributed by atoms with Crippen molar-refractivity contribution < 1.29 is 9.66 Å². The molecule has 4 nitrogen and oxygen atoms in total. The molecule has 0 spiro atoms. The summed E-state index contributed by atoms with van der Waals surface area (Å²) >= 11 is 0. The molecule has 0 atom stereocenters. The highest BCUT2D eigenvalue weighted by Crippen LogP contribution is 2.33. The van der Waals surface area contributed by atoms with E-state index in [1.165, 1.54) is 6.07 Å². The van der Waals surface area contributed by atoms with E-state index in [9.17, 15) is 10.1 Å². The molecule has 0 amide bonds. The molecule has 0 N–H and O–H groups in total. The van der Waals surface area contributed by atoms with Crippen LogP contribution in [0.2, 0.25) is 0 Å². The number of benzene rings is 2. The predicted molar refractivity (Wildman–Crippen MR) is 78.9 cm³/mol. The summed E-state index contributed by atoms with van der Waals surface area (Å²) in [7, 11) is 0. The lowest BCUT2D eigenvalue weighted by Crippen LogP contribution is -1.99. The second-order valence-electron chi connectivity index (χ2n) is 4.51. The van der Waals surface area contributed by atoms with Gasteiger partial charge in [0.2, 0.25) is 0 Å². The van der Waals surface area contributed by atoms with Crippen LogP contribution in [0.25, 0.3) is 11.1 Å². The van der Waals surface area contributed by atoms with Crippen LogP contribution < -0.4 is 4.74 Å². The maximum absolute atomic E-state index is 10.9. The third-order valence-corrected chi connectivity index (χ3v) is 3.01. The highest BCUT2D eigenvalue weighted by Gasteiger charge is 2.13. The first kappa shape index (κ1) is 14.1. The van der Waals surface area contributed by atoms with Crippen molar-refractivity contribution in [1.82, 2.24) is 0 Å².